The number of anilines is 1. The van der Waals surface area contributed by atoms with Gasteiger partial charge in [0.15, 0.2) is 0 Å². The SMILES string of the molecule is CC1CCOC1C(=O)N(C)Cc1ccc(N)cc1. The summed E-state index contributed by atoms with van der Waals surface area (Å²) >= 11 is 0. The molecular weight excluding hydrogens is 228 g/mol. The third kappa shape index (κ3) is 2.82. The lowest BCUT2D eigenvalue weighted by Crippen LogP contribution is -2.38. The lowest BCUT2D eigenvalue weighted by Gasteiger charge is -2.23. The Balaban J connectivity index is 1.97. The summed E-state index contributed by atoms with van der Waals surface area (Å²) in [5.41, 5.74) is 7.45. The van der Waals surface area contributed by atoms with Crippen molar-refractivity contribution in [2.75, 3.05) is 19.4 Å². The molecule has 18 heavy (non-hydrogen) atoms. The third-order valence-corrected chi connectivity index (χ3v) is 3.41. The summed E-state index contributed by atoms with van der Waals surface area (Å²) in [5.74, 6) is 0.378. The maximum absolute atomic E-state index is 12.2. The van der Waals surface area contributed by atoms with Gasteiger partial charge in [0.2, 0.25) is 0 Å². The molecule has 2 unspecified atom stereocenters. The standard InChI is InChI=1S/C14H20N2O2/c1-10-7-8-18-13(10)14(17)16(2)9-11-3-5-12(15)6-4-11/h3-6,10,13H,7-9,15H2,1-2H3. The number of rotatable bonds is 3. The largest absolute Gasteiger partial charge is 0.399 e. The number of nitrogens with two attached hydrogens (primary N) is 1. The van der Waals surface area contributed by atoms with Crippen LogP contribution < -0.4 is 5.73 Å². The van der Waals surface area contributed by atoms with Crippen LogP contribution in [0.25, 0.3) is 0 Å². The van der Waals surface area contributed by atoms with Crippen LogP contribution in [0, 0.1) is 5.92 Å². The maximum Gasteiger partial charge on any atom is 0.252 e. The average molecular weight is 248 g/mol. The zero-order valence-electron chi connectivity index (χ0n) is 10.9. The molecule has 1 saturated heterocycles. The molecule has 0 radical (unpaired) electrons. The van der Waals surface area contributed by atoms with Gasteiger partial charge in [0, 0.05) is 25.9 Å². The molecule has 1 fully saturated rings. The number of ether oxygens (including phenoxy) is 1. The van der Waals surface area contributed by atoms with Gasteiger partial charge in [-0.3, -0.25) is 4.79 Å². The second-order valence-electron chi connectivity index (χ2n) is 4.99. The van der Waals surface area contributed by atoms with Crippen molar-refractivity contribution in [2.24, 2.45) is 5.92 Å². The monoisotopic (exact) mass is 248 g/mol. The molecule has 4 nitrogen and oxygen atoms in total. The summed E-state index contributed by atoms with van der Waals surface area (Å²) in [5, 5.41) is 0. The third-order valence-electron chi connectivity index (χ3n) is 3.41. The molecule has 0 aromatic heterocycles. The summed E-state index contributed by atoms with van der Waals surface area (Å²) in [7, 11) is 1.81. The van der Waals surface area contributed by atoms with Gasteiger partial charge in [-0.1, -0.05) is 19.1 Å². The Morgan fingerprint density at radius 3 is 2.67 bits per heavy atom. The number of carbonyl (C=O) groups is 1. The van der Waals surface area contributed by atoms with Gasteiger partial charge in [-0.15, -0.1) is 0 Å². The van der Waals surface area contributed by atoms with Gasteiger partial charge in [0.1, 0.15) is 6.10 Å². The van der Waals surface area contributed by atoms with Gasteiger partial charge in [-0.25, -0.2) is 0 Å². The molecule has 0 saturated carbocycles. The minimum atomic E-state index is -0.274. The van der Waals surface area contributed by atoms with Crippen LogP contribution >= 0.6 is 0 Å². The number of nitrogen functional groups attached to an aromatic ring is 1. The van der Waals surface area contributed by atoms with Crippen LogP contribution in [-0.4, -0.2) is 30.6 Å². The fourth-order valence-electron chi connectivity index (χ4n) is 2.20. The summed E-state index contributed by atoms with van der Waals surface area (Å²) < 4.78 is 5.49. The van der Waals surface area contributed by atoms with Gasteiger partial charge >= 0.3 is 0 Å². The summed E-state index contributed by atoms with van der Waals surface area (Å²) in [6, 6.07) is 7.58. The molecule has 0 spiro atoms. The van der Waals surface area contributed by atoms with E-state index < -0.39 is 0 Å². The molecule has 0 bridgehead atoms. The van der Waals surface area contributed by atoms with Gasteiger partial charge in [-0.05, 0) is 30.0 Å². The van der Waals surface area contributed by atoms with Crippen LogP contribution in [0.3, 0.4) is 0 Å². The number of nitrogens with zero attached hydrogens (tertiary/aromatic N) is 1. The Bertz CT molecular complexity index is 416. The van der Waals surface area contributed by atoms with Crippen molar-refractivity contribution in [1.29, 1.82) is 0 Å². The van der Waals surface area contributed by atoms with Crippen LogP contribution in [0.5, 0.6) is 0 Å². The second-order valence-corrected chi connectivity index (χ2v) is 4.99. The second kappa shape index (κ2) is 5.40. The van der Waals surface area contributed by atoms with E-state index >= 15 is 0 Å². The van der Waals surface area contributed by atoms with Crippen molar-refractivity contribution < 1.29 is 9.53 Å². The average Bonchev–Trinajstić information content (AvgIpc) is 2.77. The molecule has 0 aliphatic carbocycles. The Hall–Kier alpha value is -1.55. The number of hydrogen-bond donors (Lipinski definition) is 1. The molecule has 1 heterocycles. The summed E-state index contributed by atoms with van der Waals surface area (Å²) in [4.78, 5) is 13.9. The van der Waals surface area contributed by atoms with Crippen molar-refractivity contribution in [3.05, 3.63) is 29.8 Å². The van der Waals surface area contributed by atoms with Crippen molar-refractivity contribution in [1.82, 2.24) is 4.90 Å². The smallest absolute Gasteiger partial charge is 0.252 e. The lowest BCUT2D eigenvalue weighted by atomic mass is 10.0. The van der Waals surface area contributed by atoms with Crippen molar-refractivity contribution in [3.8, 4) is 0 Å². The van der Waals surface area contributed by atoms with Gasteiger partial charge < -0.3 is 15.4 Å². The fourth-order valence-corrected chi connectivity index (χ4v) is 2.20. The van der Waals surface area contributed by atoms with Crippen LogP contribution in [0.2, 0.25) is 0 Å². The van der Waals surface area contributed by atoms with Crippen molar-refractivity contribution >= 4 is 11.6 Å². The minimum absolute atomic E-state index is 0.0665. The minimum Gasteiger partial charge on any atom is -0.399 e. The Morgan fingerprint density at radius 2 is 2.11 bits per heavy atom. The van der Waals surface area contributed by atoms with Crippen molar-refractivity contribution in [2.45, 2.75) is 26.0 Å². The first kappa shape index (κ1) is 12.9. The topological polar surface area (TPSA) is 55.6 Å². The lowest BCUT2D eigenvalue weighted by molar-refractivity contribution is -0.141. The molecule has 1 amide bonds. The van der Waals surface area contributed by atoms with E-state index in [1.807, 2.05) is 31.3 Å². The predicted molar refractivity (Wildman–Crippen MR) is 70.8 cm³/mol. The quantitative estimate of drug-likeness (QED) is 0.828. The first-order chi connectivity index (χ1) is 8.58. The normalized spacial score (nSPS) is 23.0. The van der Waals surface area contributed by atoms with E-state index in [0.717, 1.165) is 17.7 Å². The van der Waals surface area contributed by atoms with E-state index in [0.29, 0.717) is 19.1 Å². The first-order valence-electron chi connectivity index (χ1n) is 6.29. The molecule has 1 aliphatic heterocycles. The Morgan fingerprint density at radius 1 is 1.44 bits per heavy atom. The van der Waals surface area contributed by atoms with Crippen molar-refractivity contribution in [3.63, 3.8) is 0 Å². The van der Waals surface area contributed by atoms with E-state index in [1.54, 1.807) is 4.90 Å². The molecule has 1 aliphatic rings. The van der Waals surface area contributed by atoms with Crippen LogP contribution in [-0.2, 0) is 16.1 Å². The highest BCUT2D eigenvalue weighted by molar-refractivity contribution is 5.81. The van der Waals surface area contributed by atoms with Crippen LogP contribution in [0.1, 0.15) is 18.9 Å². The highest BCUT2D eigenvalue weighted by Gasteiger charge is 2.32. The Labute approximate surface area is 108 Å². The number of amides is 1. The molecule has 2 rings (SSSR count). The molecule has 2 N–H and O–H groups in total. The molecular formula is C14H20N2O2. The summed E-state index contributed by atoms with van der Waals surface area (Å²) in [6.45, 7) is 3.34. The highest BCUT2D eigenvalue weighted by atomic mass is 16.5. The maximum atomic E-state index is 12.2. The number of likely N-dealkylation sites (N-methyl/N-ethyl adjacent to an activating group) is 1. The van der Waals surface area contributed by atoms with E-state index in [1.165, 1.54) is 0 Å². The van der Waals surface area contributed by atoms with E-state index in [4.69, 9.17) is 10.5 Å². The van der Waals surface area contributed by atoms with E-state index in [-0.39, 0.29) is 12.0 Å². The fraction of sp³-hybridized carbons (Fsp3) is 0.500. The highest BCUT2D eigenvalue weighted by Crippen LogP contribution is 2.22. The van der Waals surface area contributed by atoms with E-state index in [2.05, 4.69) is 6.92 Å². The molecule has 4 heteroatoms. The predicted octanol–water partition coefficient (Wildman–Crippen LogP) is 1.65. The molecule has 1 aromatic carbocycles. The zero-order chi connectivity index (χ0) is 13.1. The molecule has 1 aromatic rings. The number of carbonyl (C=O) groups excluding carboxylic acids is 1. The molecule has 98 valence electrons. The van der Waals surface area contributed by atoms with Gasteiger partial charge in [0.25, 0.3) is 5.91 Å². The van der Waals surface area contributed by atoms with Gasteiger partial charge in [-0.2, -0.15) is 0 Å². The zero-order valence-corrected chi connectivity index (χ0v) is 10.9. The van der Waals surface area contributed by atoms with Gasteiger partial charge in [0.05, 0.1) is 0 Å². The van der Waals surface area contributed by atoms with E-state index in [9.17, 15) is 4.79 Å². The Kier molecular flexibility index (Phi) is 3.87. The summed E-state index contributed by atoms with van der Waals surface area (Å²) in [6.07, 6.45) is 0.690. The first-order valence-corrected chi connectivity index (χ1v) is 6.29. The van der Waals surface area contributed by atoms with Crippen LogP contribution in [0.4, 0.5) is 5.69 Å². The number of hydrogen-bond acceptors (Lipinski definition) is 3. The van der Waals surface area contributed by atoms with Crippen LogP contribution in [0.15, 0.2) is 24.3 Å². The molecule has 2 atom stereocenters. The number of benzene rings is 1.